The fourth-order valence-electron chi connectivity index (χ4n) is 2.51. The molecule has 1 aliphatic rings. The quantitative estimate of drug-likeness (QED) is 0.885. The van der Waals surface area contributed by atoms with Crippen molar-refractivity contribution in [3.8, 4) is 5.75 Å². The molecule has 4 nitrogen and oxygen atoms in total. The fraction of sp³-hybridized carbons (Fsp3) is 0.500. The number of nitrogens with one attached hydrogen (secondary N) is 1. The number of benzene rings is 1. The number of nitrogens with zero attached hydrogens (tertiary/aromatic N) is 1. The van der Waals surface area contributed by atoms with Crippen molar-refractivity contribution < 1.29 is 13.9 Å². The highest BCUT2D eigenvalue weighted by atomic mass is 19.1. The molecule has 1 heterocycles. The number of carbonyl (C=O) groups excluding carboxylic acids is 1. The minimum Gasteiger partial charge on any atom is -0.496 e. The molecule has 0 saturated carbocycles. The number of ether oxygens (including phenoxy) is 1. The number of amides is 1. The van der Waals surface area contributed by atoms with Crippen LogP contribution in [0, 0.1) is 5.82 Å². The van der Waals surface area contributed by atoms with Crippen molar-refractivity contribution in [2.45, 2.75) is 25.9 Å². The van der Waals surface area contributed by atoms with Gasteiger partial charge in [-0.25, -0.2) is 4.39 Å². The summed E-state index contributed by atoms with van der Waals surface area (Å²) in [4.78, 5) is 14.2. The molecule has 0 aliphatic carbocycles. The van der Waals surface area contributed by atoms with Crippen LogP contribution in [0.2, 0.25) is 0 Å². The van der Waals surface area contributed by atoms with Crippen LogP contribution in [-0.4, -0.2) is 43.1 Å². The Hall–Kier alpha value is -1.62. The van der Waals surface area contributed by atoms with Crippen LogP contribution in [0.4, 0.5) is 4.39 Å². The van der Waals surface area contributed by atoms with Crippen molar-refractivity contribution in [1.82, 2.24) is 10.2 Å². The van der Waals surface area contributed by atoms with E-state index in [1.165, 1.54) is 25.3 Å². The van der Waals surface area contributed by atoms with Crippen LogP contribution in [0.3, 0.4) is 0 Å². The highest BCUT2D eigenvalue weighted by Gasteiger charge is 2.27. The monoisotopic (exact) mass is 266 g/mol. The Kier molecular flexibility index (Phi) is 4.04. The molecule has 19 heavy (non-hydrogen) atoms. The predicted molar refractivity (Wildman–Crippen MR) is 70.9 cm³/mol. The Morgan fingerprint density at radius 1 is 1.37 bits per heavy atom. The Morgan fingerprint density at radius 2 is 2.00 bits per heavy atom. The van der Waals surface area contributed by atoms with Crippen LogP contribution in [0.25, 0.3) is 0 Å². The van der Waals surface area contributed by atoms with E-state index in [0.717, 1.165) is 0 Å². The highest BCUT2D eigenvalue weighted by molar-refractivity contribution is 5.97. The van der Waals surface area contributed by atoms with Gasteiger partial charge in [0.05, 0.1) is 12.7 Å². The minimum absolute atomic E-state index is 0.184. The summed E-state index contributed by atoms with van der Waals surface area (Å²) in [6, 6.07) is 4.47. The standard InChI is InChI=1S/C14H19FN2O2/c1-9-7-17(8-10(2)16-9)14(18)12-6-11(15)4-5-13(12)19-3/h4-6,9-10,16H,7-8H2,1-3H3. The average molecular weight is 266 g/mol. The molecule has 2 rings (SSSR count). The maximum absolute atomic E-state index is 13.3. The van der Waals surface area contributed by atoms with Gasteiger partial charge in [0.25, 0.3) is 5.91 Å². The molecule has 1 aromatic carbocycles. The minimum atomic E-state index is -0.430. The van der Waals surface area contributed by atoms with Crippen LogP contribution in [0.1, 0.15) is 24.2 Å². The van der Waals surface area contributed by atoms with Gasteiger partial charge in [0.2, 0.25) is 0 Å². The molecule has 1 aliphatic heterocycles. The van der Waals surface area contributed by atoms with Gasteiger partial charge >= 0.3 is 0 Å². The molecule has 0 aromatic heterocycles. The summed E-state index contributed by atoms with van der Waals surface area (Å²) in [5.74, 6) is -0.206. The number of piperazine rings is 1. The van der Waals surface area contributed by atoms with E-state index in [9.17, 15) is 9.18 Å². The number of halogens is 1. The summed E-state index contributed by atoms with van der Waals surface area (Å²) in [5.41, 5.74) is 0.281. The zero-order chi connectivity index (χ0) is 14.0. The molecule has 0 radical (unpaired) electrons. The molecule has 1 saturated heterocycles. The van der Waals surface area contributed by atoms with E-state index in [0.29, 0.717) is 18.8 Å². The van der Waals surface area contributed by atoms with Gasteiger partial charge in [0.1, 0.15) is 11.6 Å². The summed E-state index contributed by atoms with van der Waals surface area (Å²) in [5, 5.41) is 3.36. The Labute approximate surface area is 112 Å². The van der Waals surface area contributed by atoms with Gasteiger partial charge in [0, 0.05) is 25.2 Å². The zero-order valence-electron chi connectivity index (χ0n) is 11.4. The molecule has 104 valence electrons. The second kappa shape index (κ2) is 5.57. The smallest absolute Gasteiger partial charge is 0.257 e. The van der Waals surface area contributed by atoms with Gasteiger partial charge in [-0.15, -0.1) is 0 Å². The van der Waals surface area contributed by atoms with E-state index in [2.05, 4.69) is 5.32 Å². The van der Waals surface area contributed by atoms with E-state index in [1.54, 1.807) is 4.90 Å². The second-order valence-corrected chi connectivity index (χ2v) is 5.02. The van der Waals surface area contributed by atoms with Crippen molar-refractivity contribution in [3.63, 3.8) is 0 Å². The van der Waals surface area contributed by atoms with Gasteiger partial charge in [-0.3, -0.25) is 4.79 Å². The predicted octanol–water partition coefficient (Wildman–Crippen LogP) is 1.66. The molecule has 2 unspecified atom stereocenters. The lowest BCUT2D eigenvalue weighted by atomic mass is 10.1. The number of hydrogen-bond acceptors (Lipinski definition) is 3. The van der Waals surface area contributed by atoms with Gasteiger partial charge in [0.15, 0.2) is 0 Å². The van der Waals surface area contributed by atoms with E-state index in [-0.39, 0.29) is 23.6 Å². The summed E-state index contributed by atoms with van der Waals surface area (Å²) in [6.45, 7) is 5.28. The van der Waals surface area contributed by atoms with E-state index < -0.39 is 5.82 Å². The molecule has 1 amide bonds. The first-order valence-electron chi connectivity index (χ1n) is 6.40. The van der Waals surface area contributed by atoms with Crippen molar-refractivity contribution in [1.29, 1.82) is 0 Å². The fourth-order valence-corrected chi connectivity index (χ4v) is 2.51. The maximum atomic E-state index is 13.3. The first kappa shape index (κ1) is 13.8. The Balaban J connectivity index is 2.26. The summed E-state index contributed by atoms with van der Waals surface area (Å²) in [6.07, 6.45) is 0. The SMILES string of the molecule is COc1ccc(F)cc1C(=O)N1CC(C)NC(C)C1. The van der Waals surface area contributed by atoms with E-state index in [1.807, 2.05) is 13.8 Å². The van der Waals surface area contributed by atoms with E-state index in [4.69, 9.17) is 4.74 Å². The molecule has 1 fully saturated rings. The van der Waals surface area contributed by atoms with Gasteiger partial charge in [-0.2, -0.15) is 0 Å². The lowest BCUT2D eigenvalue weighted by Crippen LogP contribution is -2.55. The van der Waals surface area contributed by atoms with Gasteiger partial charge in [-0.05, 0) is 32.0 Å². The third-order valence-electron chi connectivity index (χ3n) is 3.24. The van der Waals surface area contributed by atoms with Crippen LogP contribution in [0.15, 0.2) is 18.2 Å². The number of methoxy groups -OCH3 is 1. The highest BCUT2D eigenvalue weighted by Crippen LogP contribution is 2.22. The Bertz CT molecular complexity index is 469. The van der Waals surface area contributed by atoms with E-state index >= 15 is 0 Å². The molecule has 1 N–H and O–H groups in total. The molecule has 0 bridgehead atoms. The largest absolute Gasteiger partial charge is 0.496 e. The third-order valence-corrected chi connectivity index (χ3v) is 3.24. The second-order valence-electron chi connectivity index (χ2n) is 5.02. The third kappa shape index (κ3) is 3.04. The molecule has 1 aromatic rings. The number of hydrogen-bond donors (Lipinski definition) is 1. The van der Waals surface area contributed by atoms with Crippen LogP contribution < -0.4 is 10.1 Å². The lowest BCUT2D eigenvalue weighted by Gasteiger charge is -2.36. The first-order valence-corrected chi connectivity index (χ1v) is 6.40. The first-order chi connectivity index (χ1) is 9.01. The molecular formula is C14H19FN2O2. The number of carbonyl (C=O) groups is 1. The van der Waals surface area contributed by atoms with Gasteiger partial charge in [-0.1, -0.05) is 0 Å². The van der Waals surface area contributed by atoms with Crippen molar-refractivity contribution in [2.24, 2.45) is 0 Å². The zero-order valence-corrected chi connectivity index (χ0v) is 11.4. The molecular weight excluding hydrogens is 247 g/mol. The average Bonchev–Trinajstić information content (AvgIpc) is 2.36. The van der Waals surface area contributed by atoms with Gasteiger partial charge < -0.3 is 15.0 Å². The topological polar surface area (TPSA) is 41.6 Å². The molecule has 5 heteroatoms. The van der Waals surface area contributed by atoms with Crippen molar-refractivity contribution in [2.75, 3.05) is 20.2 Å². The summed E-state index contributed by atoms with van der Waals surface area (Å²) < 4.78 is 18.5. The summed E-state index contributed by atoms with van der Waals surface area (Å²) in [7, 11) is 1.48. The lowest BCUT2D eigenvalue weighted by molar-refractivity contribution is 0.0670. The summed E-state index contributed by atoms with van der Waals surface area (Å²) >= 11 is 0. The number of rotatable bonds is 2. The van der Waals surface area contributed by atoms with Crippen LogP contribution in [-0.2, 0) is 0 Å². The van der Waals surface area contributed by atoms with Crippen molar-refractivity contribution in [3.05, 3.63) is 29.6 Å². The van der Waals surface area contributed by atoms with Crippen LogP contribution >= 0.6 is 0 Å². The molecule has 0 spiro atoms. The molecule has 2 atom stereocenters. The van der Waals surface area contributed by atoms with Crippen LogP contribution in [0.5, 0.6) is 5.75 Å². The normalized spacial score (nSPS) is 23.3. The van der Waals surface area contributed by atoms with Crippen molar-refractivity contribution >= 4 is 5.91 Å². The Morgan fingerprint density at radius 3 is 2.58 bits per heavy atom. The maximum Gasteiger partial charge on any atom is 0.257 e.